The van der Waals surface area contributed by atoms with Gasteiger partial charge < -0.3 is 52.9 Å². The highest BCUT2D eigenvalue weighted by molar-refractivity contribution is 14.1. The van der Waals surface area contributed by atoms with E-state index in [1.165, 1.54) is 4.90 Å². The van der Waals surface area contributed by atoms with E-state index in [0.717, 1.165) is 45.9 Å². The topological polar surface area (TPSA) is 239 Å². The van der Waals surface area contributed by atoms with Crippen molar-refractivity contribution in [2.24, 2.45) is 0 Å². The minimum atomic E-state index is -1.74. The van der Waals surface area contributed by atoms with Crippen molar-refractivity contribution in [3.05, 3.63) is 105 Å². The molecule has 0 aliphatic rings. The summed E-state index contributed by atoms with van der Waals surface area (Å²) in [5.41, 5.74) is 2.35. The molecule has 4 N–H and O–H groups in total. The predicted molar refractivity (Wildman–Crippen MR) is 347 cm³/mol. The second kappa shape index (κ2) is 38.8. The molecule has 2 radical (unpaired) electrons. The summed E-state index contributed by atoms with van der Waals surface area (Å²) >= 11 is 2.16. The van der Waals surface area contributed by atoms with Crippen LogP contribution in [0.3, 0.4) is 0 Å². The Bertz CT molecular complexity index is 2500. The molecule has 4 aromatic heterocycles. The highest BCUT2D eigenvalue weighted by atomic mass is 127. The van der Waals surface area contributed by atoms with Gasteiger partial charge in [0.2, 0.25) is 38.7 Å². The van der Waals surface area contributed by atoms with E-state index >= 15 is 0 Å². The van der Waals surface area contributed by atoms with Gasteiger partial charge in [-0.05, 0) is 156 Å². The molecule has 0 fully saturated rings. The van der Waals surface area contributed by atoms with Gasteiger partial charge in [0, 0.05) is 89.3 Å². The number of aromatic amines is 1. The maximum atomic E-state index is 10.6. The van der Waals surface area contributed by atoms with E-state index in [1.54, 1.807) is 77.3 Å². The Kier molecular flexibility index (Phi) is 36.4. The number of nitrogens with one attached hydrogen (secondary N) is 2. The molecule has 0 aromatic carbocycles. The largest absolute Gasteiger partial charge is 0.518 e. The van der Waals surface area contributed by atoms with Crippen LogP contribution in [0.25, 0.3) is 18.2 Å². The Morgan fingerprint density at radius 3 is 1.54 bits per heavy atom. The van der Waals surface area contributed by atoms with Crippen LogP contribution >= 0.6 is 22.6 Å². The normalized spacial score (nSPS) is 13.0. The van der Waals surface area contributed by atoms with Crippen molar-refractivity contribution in [1.29, 1.82) is 0 Å². The summed E-state index contributed by atoms with van der Waals surface area (Å²) in [6, 6.07) is 2.42. The van der Waals surface area contributed by atoms with E-state index in [2.05, 4.69) is 166 Å². The molecular weight excluding hydrogens is 1180 g/mol. The first kappa shape index (κ1) is 75.1. The van der Waals surface area contributed by atoms with Crippen molar-refractivity contribution < 1.29 is 32.9 Å². The van der Waals surface area contributed by atoms with Crippen molar-refractivity contribution in [3.8, 4) is 23.9 Å². The number of hydrogen-bond donors (Lipinski definition) is 4. The fourth-order valence-electron chi connectivity index (χ4n) is 5.78. The van der Waals surface area contributed by atoms with E-state index in [9.17, 15) is 19.6 Å². The lowest BCUT2D eigenvalue weighted by Crippen LogP contribution is -2.39. The first-order valence-electron chi connectivity index (χ1n) is 26.5. The second-order valence-electron chi connectivity index (χ2n) is 21.8. The molecule has 0 saturated carbocycles. The number of amides is 1. The van der Waals surface area contributed by atoms with Crippen molar-refractivity contribution in [3.63, 3.8) is 0 Å². The Morgan fingerprint density at radius 2 is 1.12 bits per heavy atom. The molecule has 20 nitrogen and oxygen atoms in total. The van der Waals surface area contributed by atoms with Gasteiger partial charge in [0.25, 0.3) is 0 Å². The number of methoxy groups -OCH3 is 1. The molecular formula is C53H92B3IN12O8Si3. The quantitative estimate of drug-likeness (QED) is 0.0290. The SMILES string of the molecule is CB(O)N(C)[C@@H](C)C/C=C/c1cnc(O[Si](C)(C)C)nc1.CN[C@@H](C)C/C=C/c1cnc(=O)[nH]c1.COc1nc(O[Si](C)(C)C)ncc1/C=C/C[C@H](C)N(C)B(C)O.C[Si](C)(C)Oc1ncc(I)cn1.[B]C(=O)N(C)[C@@H](C)CC=C. The molecule has 0 unspecified atom stereocenters. The molecule has 4 rings (SSSR count). The smallest absolute Gasteiger partial charge is 0.376 e. The Balaban J connectivity index is 0.00000101. The molecule has 4 heterocycles. The van der Waals surface area contributed by atoms with Crippen LogP contribution in [0.15, 0.2) is 79.1 Å². The van der Waals surface area contributed by atoms with E-state index in [0.29, 0.717) is 30.0 Å². The standard InChI is InChI=1S/C15H28BN3O3Si.C14H26BN3O2Si.C10H15N3O.C7H12BNO.C7H11IN2OSi/c1-12(19(3)16(2)20)9-8-10-13-11-17-15(18-14(13)21-4)22-23(5,6)7;1-12(18(3)15(2)19)8-7-9-13-10-16-14(17-11-13)20-21(4,5)6;1-8(11-2)4-3-5-9-6-12-10(14)13-7-9;1-4-5-6(2)9(3)7(8)10;1-12(2,3)11-7-9-4-6(8)5-10-7/h8,10-12,20H,9H2,1-7H3;7,9-12,19H,8H2,1-6H3;3,5-8,11H,4H2,1-2H3,(H,12,13,14);4,6H,1,5H2,2-3H3;4-5H,1-3H3/b10-8+;9-7+;5-3+;;/t2*12-;8-;6-;/m0000./s1. The van der Waals surface area contributed by atoms with Gasteiger partial charge in [0.1, 0.15) is 0 Å². The van der Waals surface area contributed by atoms with Crippen LogP contribution in [0.1, 0.15) is 70.1 Å². The number of carbonyl (C=O) groups excluding carboxylic acids is 1. The van der Waals surface area contributed by atoms with Crippen LogP contribution in [0.2, 0.25) is 72.6 Å². The molecule has 0 aliphatic carbocycles. The average molecular weight is 1270 g/mol. The molecule has 0 spiro atoms. The number of ether oxygens (including phenoxy) is 1. The lowest BCUT2D eigenvalue weighted by atomic mass is 9.83. The van der Waals surface area contributed by atoms with Crippen LogP contribution in [0.5, 0.6) is 23.9 Å². The third-order valence-corrected chi connectivity index (χ3v) is 14.0. The molecule has 4 aromatic rings. The van der Waals surface area contributed by atoms with Gasteiger partial charge in [-0.3, -0.25) is 4.79 Å². The van der Waals surface area contributed by atoms with Crippen LogP contribution in [0.4, 0.5) is 4.79 Å². The van der Waals surface area contributed by atoms with Crippen LogP contribution in [0, 0.1) is 3.57 Å². The van der Waals surface area contributed by atoms with Crippen molar-refractivity contribution >= 4 is 93.5 Å². The van der Waals surface area contributed by atoms with E-state index < -0.39 is 44.9 Å². The number of H-pyrrole nitrogens is 1. The first-order valence-corrected chi connectivity index (χ1v) is 37.8. The van der Waals surface area contributed by atoms with Crippen molar-refractivity contribution in [2.75, 3.05) is 35.3 Å². The highest BCUT2D eigenvalue weighted by Crippen LogP contribution is 2.21. The van der Waals surface area contributed by atoms with Gasteiger partial charge in [-0.25, -0.2) is 34.7 Å². The predicted octanol–water partition coefficient (Wildman–Crippen LogP) is 9.30. The fourth-order valence-corrected chi connectivity index (χ4v) is 8.01. The number of hydrogen-bond acceptors (Lipinski definition) is 18. The van der Waals surface area contributed by atoms with Gasteiger partial charge in [0.15, 0.2) is 5.81 Å². The van der Waals surface area contributed by atoms with Gasteiger partial charge in [-0.2, -0.15) is 4.98 Å². The summed E-state index contributed by atoms with van der Waals surface area (Å²) < 4.78 is 23.4. The zero-order chi connectivity index (χ0) is 61.4. The molecule has 0 bridgehead atoms. The Morgan fingerprint density at radius 1 is 0.700 bits per heavy atom. The van der Waals surface area contributed by atoms with Crippen LogP contribution in [-0.4, -0.2) is 177 Å². The molecule has 0 aliphatic heterocycles. The van der Waals surface area contributed by atoms with E-state index in [-0.39, 0.29) is 23.8 Å². The summed E-state index contributed by atoms with van der Waals surface area (Å²) in [5, 5.41) is 22.2. The maximum Gasteiger partial charge on any atom is 0.376 e. The highest BCUT2D eigenvalue weighted by Gasteiger charge is 2.21. The lowest BCUT2D eigenvalue weighted by Gasteiger charge is -2.24. The van der Waals surface area contributed by atoms with Crippen LogP contribution < -0.4 is 29.0 Å². The molecule has 1 amide bonds. The summed E-state index contributed by atoms with van der Waals surface area (Å²) in [5.74, 6) is 0.107. The summed E-state index contributed by atoms with van der Waals surface area (Å²) in [6.45, 7) is 34.1. The molecule has 440 valence electrons. The monoisotopic (exact) mass is 1270 g/mol. The fraction of sp³-hybridized carbons (Fsp3) is 0.528. The van der Waals surface area contributed by atoms with Crippen molar-refractivity contribution in [2.45, 2.75) is 150 Å². The number of carbonyl (C=O) groups is 1. The minimum absolute atomic E-state index is 0.148. The average Bonchev–Trinajstić information content (AvgIpc) is 3.37. The lowest BCUT2D eigenvalue weighted by molar-refractivity contribution is 0.218. The van der Waals surface area contributed by atoms with Gasteiger partial charge in [-0.15, -0.1) is 6.58 Å². The second-order valence-corrected chi connectivity index (χ2v) is 36.3. The van der Waals surface area contributed by atoms with Gasteiger partial charge in [0.05, 0.1) is 12.7 Å². The zero-order valence-electron chi connectivity index (χ0n) is 51.4. The summed E-state index contributed by atoms with van der Waals surface area (Å²) in [6.07, 6.45) is 29.1. The Labute approximate surface area is 497 Å². The van der Waals surface area contributed by atoms with Gasteiger partial charge >= 0.3 is 37.8 Å². The van der Waals surface area contributed by atoms with E-state index in [4.69, 9.17) is 25.9 Å². The van der Waals surface area contributed by atoms with E-state index in [1.807, 2.05) is 62.0 Å². The maximum absolute atomic E-state index is 10.6. The molecule has 80 heavy (non-hydrogen) atoms. The minimum Gasteiger partial charge on any atom is -0.518 e. The molecule has 4 atom stereocenters. The zero-order valence-corrected chi connectivity index (χ0v) is 56.5. The number of aromatic nitrogens is 8. The number of halogens is 1. The van der Waals surface area contributed by atoms with Crippen molar-refractivity contribution in [1.82, 2.24) is 59.7 Å². The third-order valence-electron chi connectivity index (χ3n) is 11.0. The summed E-state index contributed by atoms with van der Waals surface area (Å²) in [4.78, 5) is 57.8. The first-order chi connectivity index (χ1) is 37.1. The number of rotatable bonds is 24. The Hall–Kier alpha value is -4.87. The molecule has 27 heteroatoms. The van der Waals surface area contributed by atoms with Crippen LogP contribution in [-0.2, 0) is 0 Å². The third kappa shape index (κ3) is 36.5. The number of nitrogens with zero attached hydrogens (tertiary/aromatic N) is 10. The molecule has 0 saturated heterocycles. The summed E-state index contributed by atoms with van der Waals surface area (Å²) in [7, 11) is 8.19. The van der Waals surface area contributed by atoms with Gasteiger partial charge in [-0.1, -0.05) is 56.4 Å².